The van der Waals surface area contributed by atoms with E-state index < -0.39 is 5.54 Å². The zero-order valence-electron chi connectivity index (χ0n) is 15.0. The van der Waals surface area contributed by atoms with Crippen LogP contribution in [0.3, 0.4) is 0 Å². The third-order valence-electron chi connectivity index (χ3n) is 6.38. The minimum Gasteiger partial charge on any atom is -0.378 e. The lowest BCUT2D eigenvalue weighted by molar-refractivity contribution is -0.184. The average molecular weight is 357 g/mol. The number of methoxy groups -OCH3 is 1. The molecule has 24 heavy (non-hydrogen) atoms. The maximum atomic E-state index is 13.2. The number of nitrogens with one attached hydrogen (secondary N) is 2. The molecule has 1 amide bonds. The van der Waals surface area contributed by atoms with Crippen LogP contribution in [0.25, 0.3) is 0 Å². The molecule has 6 nitrogen and oxygen atoms in total. The summed E-state index contributed by atoms with van der Waals surface area (Å²) in [6.07, 6.45) is 6.00. The Morgan fingerprint density at radius 3 is 2.50 bits per heavy atom. The van der Waals surface area contributed by atoms with Crippen molar-refractivity contribution in [3.05, 3.63) is 18.5 Å². The average Bonchev–Trinajstić information content (AvgIpc) is 3.09. The molecule has 3 rings (SSSR count). The Bertz CT molecular complexity index is 569. The second kappa shape index (κ2) is 6.65. The third-order valence-corrected chi connectivity index (χ3v) is 6.38. The van der Waals surface area contributed by atoms with Crippen LogP contribution in [-0.2, 0) is 15.1 Å². The molecule has 1 saturated heterocycles. The Morgan fingerprint density at radius 2 is 2.00 bits per heavy atom. The van der Waals surface area contributed by atoms with Gasteiger partial charge in [0, 0.05) is 31.0 Å². The maximum absolute atomic E-state index is 13.2. The molecule has 0 bridgehead atoms. The lowest BCUT2D eigenvalue weighted by Crippen LogP contribution is -2.70. The zero-order chi connectivity index (χ0) is 16.7. The summed E-state index contributed by atoms with van der Waals surface area (Å²) in [5.41, 5.74) is -0.850. The van der Waals surface area contributed by atoms with E-state index in [1.807, 2.05) is 16.9 Å². The Labute approximate surface area is 150 Å². The molecule has 2 aliphatic rings. The summed E-state index contributed by atoms with van der Waals surface area (Å²) in [4.78, 5) is 13.2. The van der Waals surface area contributed by atoms with Crippen LogP contribution in [0.1, 0.15) is 40.0 Å². The molecule has 0 radical (unpaired) electrons. The van der Waals surface area contributed by atoms with Crippen LogP contribution in [0.4, 0.5) is 0 Å². The highest BCUT2D eigenvalue weighted by atomic mass is 35.5. The highest BCUT2D eigenvalue weighted by Crippen LogP contribution is 2.51. The number of nitrogens with zero attached hydrogens (tertiary/aromatic N) is 2. The fourth-order valence-corrected chi connectivity index (χ4v) is 3.94. The van der Waals surface area contributed by atoms with Gasteiger partial charge in [-0.1, -0.05) is 13.8 Å². The van der Waals surface area contributed by atoms with E-state index in [-0.39, 0.29) is 35.4 Å². The Balaban J connectivity index is 0.00000208. The maximum Gasteiger partial charge on any atom is 0.248 e. The first-order valence-corrected chi connectivity index (χ1v) is 8.43. The van der Waals surface area contributed by atoms with Gasteiger partial charge in [0.15, 0.2) is 0 Å². The van der Waals surface area contributed by atoms with Gasteiger partial charge in [-0.3, -0.25) is 9.48 Å². The van der Waals surface area contributed by atoms with Crippen molar-refractivity contribution in [1.82, 2.24) is 20.4 Å². The number of amides is 1. The number of aromatic nitrogens is 2. The quantitative estimate of drug-likeness (QED) is 0.861. The standard InChI is InChI=1S/C17H28N4O2.ClH/c1-15(2)13(12-16(15,3)23-4)20-14(22)17(6-9-18-10-7-17)21-11-5-8-19-21;/h5,8,11,13,18H,6-7,9-10,12H2,1-4H3,(H,20,22);1H. The van der Waals surface area contributed by atoms with Crippen LogP contribution in [0.15, 0.2) is 18.5 Å². The molecule has 1 saturated carbocycles. The van der Waals surface area contributed by atoms with Gasteiger partial charge < -0.3 is 15.4 Å². The second-order valence-electron chi connectivity index (χ2n) is 7.62. The number of ether oxygens (including phenoxy) is 1. The number of halogens is 1. The fourth-order valence-electron chi connectivity index (χ4n) is 3.94. The minimum atomic E-state index is -0.579. The van der Waals surface area contributed by atoms with E-state index in [1.165, 1.54) is 0 Å². The van der Waals surface area contributed by atoms with Gasteiger partial charge in [0.2, 0.25) is 5.91 Å². The van der Waals surface area contributed by atoms with Gasteiger partial charge in [-0.05, 0) is 45.3 Å². The number of hydrogen-bond donors (Lipinski definition) is 2. The normalized spacial score (nSPS) is 30.8. The monoisotopic (exact) mass is 356 g/mol. The third kappa shape index (κ3) is 2.74. The topological polar surface area (TPSA) is 68.2 Å². The summed E-state index contributed by atoms with van der Waals surface area (Å²) in [6.45, 7) is 8.10. The Hall–Kier alpha value is -1.11. The molecule has 2 N–H and O–H groups in total. The van der Waals surface area contributed by atoms with E-state index in [2.05, 4.69) is 36.5 Å². The largest absolute Gasteiger partial charge is 0.378 e. The molecular weight excluding hydrogens is 328 g/mol. The highest BCUT2D eigenvalue weighted by molar-refractivity contribution is 5.85. The van der Waals surface area contributed by atoms with E-state index >= 15 is 0 Å². The lowest BCUT2D eigenvalue weighted by Gasteiger charge is -2.59. The van der Waals surface area contributed by atoms with Gasteiger partial charge in [-0.2, -0.15) is 5.10 Å². The summed E-state index contributed by atoms with van der Waals surface area (Å²) < 4.78 is 7.50. The first kappa shape index (κ1) is 19.2. The molecule has 1 aliphatic heterocycles. The lowest BCUT2D eigenvalue weighted by atomic mass is 9.55. The predicted octanol–water partition coefficient (Wildman–Crippen LogP) is 1.70. The van der Waals surface area contributed by atoms with Crippen molar-refractivity contribution in [2.75, 3.05) is 20.2 Å². The highest BCUT2D eigenvalue weighted by Gasteiger charge is 2.59. The van der Waals surface area contributed by atoms with Crippen molar-refractivity contribution in [3.63, 3.8) is 0 Å². The molecule has 7 heteroatoms. The molecule has 136 valence electrons. The van der Waals surface area contributed by atoms with Crippen LogP contribution in [0.2, 0.25) is 0 Å². The van der Waals surface area contributed by atoms with E-state index in [0.29, 0.717) is 0 Å². The molecule has 1 aliphatic carbocycles. The summed E-state index contributed by atoms with van der Waals surface area (Å²) >= 11 is 0. The summed E-state index contributed by atoms with van der Waals surface area (Å²) in [7, 11) is 1.75. The van der Waals surface area contributed by atoms with E-state index in [9.17, 15) is 4.79 Å². The van der Waals surface area contributed by atoms with Crippen LogP contribution in [0, 0.1) is 5.41 Å². The van der Waals surface area contributed by atoms with Crippen molar-refractivity contribution in [1.29, 1.82) is 0 Å². The zero-order valence-corrected chi connectivity index (χ0v) is 15.8. The van der Waals surface area contributed by atoms with Gasteiger partial charge in [0.1, 0.15) is 5.54 Å². The fraction of sp³-hybridized carbons (Fsp3) is 0.765. The molecule has 0 aromatic carbocycles. The molecule has 2 fully saturated rings. The van der Waals surface area contributed by atoms with Crippen LogP contribution in [-0.4, -0.2) is 47.5 Å². The van der Waals surface area contributed by atoms with Gasteiger partial charge in [-0.15, -0.1) is 12.4 Å². The number of rotatable bonds is 4. The van der Waals surface area contributed by atoms with Gasteiger partial charge >= 0.3 is 0 Å². The minimum absolute atomic E-state index is 0. The van der Waals surface area contributed by atoms with Crippen molar-refractivity contribution in [2.24, 2.45) is 5.41 Å². The first-order valence-electron chi connectivity index (χ1n) is 8.43. The molecule has 1 aromatic rings. The van der Waals surface area contributed by atoms with E-state index in [1.54, 1.807) is 13.3 Å². The Kier molecular flexibility index (Phi) is 5.33. The second-order valence-corrected chi connectivity index (χ2v) is 7.62. The number of hydrogen-bond acceptors (Lipinski definition) is 4. The van der Waals surface area contributed by atoms with Crippen LogP contribution < -0.4 is 10.6 Å². The summed E-state index contributed by atoms with van der Waals surface area (Å²) in [6, 6.07) is 2.01. The van der Waals surface area contributed by atoms with E-state index in [4.69, 9.17) is 4.74 Å². The predicted molar refractivity (Wildman–Crippen MR) is 95.3 cm³/mol. The molecule has 0 spiro atoms. The van der Waals surface area contributed by atoms with Gasteiger partial charge in [0.25, 0.3) is 0 Å². The SMILES string of the molecule is COC1(C)CC(NC(=O)C2(n3cccn3)CCNCC2)C1(C)C.Cl. The Morgan fingerprint density at radius 1 is 1.33 bits per heavy atom. The van der Waals surface area contributed by atoms with Crippen molar-refractivity contribution >= 4 is 18.3 Å². The summed E-state index contributed by atoms with van der Waals surface area (Å²) in [5.74, 6) is 0.0823. The molecule has 2 heterocycles. The summed E-state index contributed by atoms with van der Waals surface area (Å²) in [5, 5.41) is 11.0. The first-order chi connectivity index (χ1) is 10.9. The van der Waals surface area contributed by atoms with Gasteiger partial charge in [-0.25, -0.2) is 0 Å². The molecule has 2 atom stereocenters. The number of piperidine rings is 1. The van der Waals surface area contributed by atoms with Crippen molar-refractivity contribution in [2.45, 2.75) is 57.2 Å². The van der Waals surface area contributed by atoms with Crippen molar-refractivity contribution < 1.29 is 9.53 Å². The van der Waals surface area contributed by atoms with Gasteiger partial charge in [0.05, 0.1) is 5.60 Å². The van der Waals surface area contributed by atoms with Crippen molar-refractivity contribution in [3.8, 4) is 0 Å². The van der Waals surface area contributed by atoms with Crippen LogP contribution in [0.5, 0.6) is 0 Å². The van der Waals surface area contributed by atoms with E-state index in [0.717, 1.165) is 32.4 Å². The molecule has 1 aromatic heterocycles. The number of carbonyl (C=O) groups excluding carboxylic acids is 1. The molecular formula is C17H29ClN4O2. The number of carbonyl (C=O) groups is 1. The smallest absolute Gasteiger partial charge is 0.248 e. The molecule has 2 unspecified atom stereocenters. The van der Waals surface area contributed by atoms with Crippen LogP contribution >= 0.6 is 12.4 Å².